The Morgan fingerprint density at radius 1 is 1.19 bits per heavy atom. The number of hydrogen-bond acceptors (Lipinski definition) is 7. The molecular weight excluding hydrogens is 400 g/mol. The van der Waals surface area contributed by atoms with Crippen molar-refractivity contribution < 1.29 is 14.3 Å². The highest BCUT2D eigenvalue weighted by molar-refractivity contribution is 8.01. The summed E-state index contributed by atoms with van der Waals surface area (Å²) in [6, 6.07) is 10.9. The van der Waals surface area contributed by atoms with E-state index in [2.05, 4.69) is 10.3 Å². The molecule has 0 saturated heterocycles. The lowest BCUT2D eigenvalue weighted by Crippen LogP contribution is -2.14. The van der Waals surface area contributed by atoms with Crippen LogP contribution in [0.2, 0.25) is 0 Å². The first kappa shape index (κ1) is 19.6. The highest BCUT2D eigenvalue weighted by Gasteiger charge is 2.12. The predicted octanol–water partition coefficient (Wildman–Crippen LogP) is 4.76. The molecule has 0 aliphatic heterocycles. The first-order valence-electron chi connectivity index (χ1n) is 8.30. The molecule has 0 aliphatic carbocycles. The number of ether oxygens (including phenoxy) is 1. The molecule has 1 N–H and O–H groups in total. The molecule has 0 unspecified atom stereocenters. The molecule has 1 aromatic carbocycles. The van der Waals surface area contributed by atoms with E-state index in [1.54, 1.807) is 12.1 Å². The maximum atomic E-state index is 12.2. The van der Waals surface area contributed by atoms with Crippen molar-refractivity contribution in [3.8, 4) is 5.75 Å². The van der Waals surface area contributed by atoms with Gasteiger partial charge in [-0.15, -0.1) is 22.7 Å². The number of rotatable bonds is 9. The molecule has 2 aromatic heterocycles. The van der Waals surface area contributed by atoms with Gasteiger partial charge in [0, 0.05) is 11.1 Å². The van der Waals surface area contributed by atoms with Crippen LogP contribution in [0.5, 0.6) is 5.75 Å². The number of thioether (sulfide) groups is 1. The smallest absolute Gasteiger partial charge is 0.230 e. The normalized spacial score (nSPS) is 10.6. The Morgan fingerprint density at radius 2 is 2.00 bits per heavy atom. The SMILES string of the molecule is CCOc1ccc(NC(=O)Cc2csc(SCC(=O)c3cccs3)n2)cc1. The van der Waals surface area contributed by atoms with Gasteiger partial charge in [-0.2, -0.15) is 0 Å². The second-order valence-electron chi connectivity index (χ2n) is 5.48. The first-order chi connectivity index (χ1) is 13.1. The van der Waals surface area contributed by atoms with Crippen molar-refractivity contribution in [2.75, 3.05) is 17.7 Å². The highest BCUT2D eigenvalue weighted by Crippen LogP contribution is 2.25. The summed E-state index contributed by atoms with van der Waals surface area (Å²) in [5.74, 6) is 1.09. The lowest BCUT2D eigenvalue weighted by Gasteiger charge is -2.06. The van der Waals surface area contributed by atoms with Gasteiger partial charge < -0.3 is 10.1 Å². The Bertz CT molecular complexity index is 889. The first-order valence-corrected chi connectivity index (χ1v) is 11.0. The molecule has 140 valence electrons. The molecule has 0 saturated carbocycles. The second kappa shape index (κ2) is 9.68. The van der Waals surface area contributed by atoms with Gasteiger partial charge in [0.25, 0.3) is 0 Å². The summed E-state index contributed by atoms with van der Waals surface area (Å²) in [5.41, 5.74) is 1.42. The van der Waals surface area contributed by atoms with E-state index in [9.17, 15) is 9.59 Å². The van der Waals surface area contributed by atoms with Crippen LogP contribution >= 0.6 is 34.4 Å². The molecule has 0 aliphatic rings. The summed E-state index contributed by atoms with van der Waals surface area (Å²) in [7, 11) is 0. The van der Waals surface area contributed by atoms with E-state index in [0.29, 0.717) is 18.1 Å². The number of thiophene rings is 1. The number of aromatic nitrogens is 1. The second-order valence-corrected chi connectivity index (χ2v) is 8.50. The molecule has 0 spiro atoms. The lowest BCUT2D eigenvalue weighted by molar-refractivity contribution is -0.115. The minimum absolute atomic E-state index is 0.0972. The molecular formula is C19H18N2O3S3. The minimum atomic E-state index is -0.129. The summed E-state index contributed by atoms with van der Waals surface area (Å²) in [4.78, 5) is 29.4. The van der Waals surface area contributed by atoms with Crippen LogP contribution in [-0.4, -0.2) is 29.0 Å². The zero-order chi connectivity index (χ0) is 19.1. The third-order valence-corrected chi connectivity index (χ3v) is 6.42. The summed E-state index contributed by atoms with van der Waals surface area (Å²) in [6.45, 7) is 2.53. The van der Waals surface area contributed by atoms with Gasteiger partial charge in [0.2, 0.25) is 5.91 Å². The molecule has 0 atom stereocenters. The number of carbonyl (C=O) groups excluding carboxylic acids is 2. The lowest BCUT2D eigenvalue weighted by atomic mass is 10.2. The Kier molecular flexibility index (Phi) is 7.03. The van der Waals surface area contributed by atoms with Crippen LogP contribution in [0.25, 0.3) is 0 Å². The number of thiazole rings is 1. The standard InChI is InChI=1S/C19H18N2O3S3/c1-2-24-15-7-5-13(6-8-15)20-18(23)10-14-11-26-19(21-14)27-12-16(22)17-4-3-9-25-17/h3-9,11H,2,10,12H2,1H3,(H,20,23). The number of amides is 1. The van der Waals surface area contributed by atoms with E-state index in [1.165, 1.54) is 34.4 Å². The number of hydrogen-bond donors (Lipinski definition) is 1. The fraction of sp³-hybridized carbons (Fsp3) is 0.211. The summed E-state index contributed by atoms with van der Waals surface area (Å²) < 4.78 is 6.18. The summed E-state index contributed by atoms with van der Waals surface area (Å²) in [5, 5.41) is 6.60. The molecule has 2 heterocycles. The number of benzene rings is 1. The van der Waals surface area contributed by atoms with Crippen LogP contribution < -0.4 is 10.1 Å². The van der Waals surface area contributed by atoms with Gasteiger partial charge in [0.15, 0.2) is 10.1 Å². The van der Waals surface area contributed by atoms with Crippen molar-refractivity contribution in [1.29, 1.82) is 0 Å². The van der Waals surface area contributed by atoms with Crippen molar-refractivity contribution in [3.05, 3.63) is 57.7 Å². The average Bonchev–Trinajstić information content (AvgIpc) is 3.34. The Morgan fingerprint density at radius 3 is 2.70 bits per heavy atom. The van der Waals surface area contributed by atoms with Crippen LogP contribution in [0.15, 0.2) is 51.5 Å². The summed E-state index contributed by atoms with van der Waals surface area (Å²) in [6.07, 6.45) is 0.198. The van der Waals surface area contributed by atoms with Crippen LogP contribution in [0.4, 0.5) is 5.69 Å². The third kappa shape index (κ3) is 5.92. The van der Waals surface area contributed by atoms with Gasteiger partial charge in [-0.25, -0.2) is 4.98 Å². The van der Waals surface area contributed by atoms with Crippen molar-refractivity contribution >= 4 is 51.8 Å². The van der Waals surface area contributed by atoms with Crippen LogP contribution in [0.1, 0.15) is 22.3 Å². The minimum Gasteiger partial charge on any atom is -0.494 e. The maximum Gasteiger partial charge on any atom is 0.230 e. The molecule has 0 bridgehead atoms. The number of carbonyl (C=O) groups is 2. The average molecular weight is 419 g/mol. The van der Waals surface area contributed by atoms with Crippen molar-refractivity contribution in [3.63, 3.8) is 0 Å². The predicted molar refractivity (Wildman–Crippen MR) is 111 cm³/mol. The van der Waals surface area contributed by atoms with E-state index in [4.69, 9.17) is 4.74 Å². The fourth-order valence-electron chi connectivity index (χ4n) is 2.24. The number of nitrogens with zero attached hydrogens (tertiary/aromatic N) is 1. The third-order valence-electron chi connectivity index (χ3n) is 3.44. The monoisotopic (exact) mass is 418 g/mol. The van der Waals surface area contributed by atoms with E-state index < -0.39 is 0 Å². The van der Waals surface area contributed by atoms with E-state index in [1.807, 2.05) is 41.9 Å². The van der Waals surface area contributed by atoms with Crippen LogP contribution in [0, 0.1) is 0 Å². The van der Waals surface area contributed by atoms with E-state index >= 15 is 0 Å². The Hall–Kier alpha value is -2.16. The zero-order valence-electron chi connectivity index (χ0n) is 14.6. The maximum absolute atomic E-state index is 12.2. The largest absolute Gasteiger partial charge is 0.494 e. The summed E-state index contributed by atoms with van der Waals surface area (Å²) >= 11 is 4.30. The van der Waals surface area contributed by atoms with Crippen molar-refractivity contribution in [2.45, 2.75) is 17.7 Å². The molecule has 1 amide bonds. The molecule has 5 nitrogen and oxygen atoms in total. The Balaban J connectivity index is 1.48. The molecule has 3 aromatic rings. The zero-order valence-corrected chi connectivity index (χ0v) is 17.1. The Labute approximate surface area is 169 Å². The van der Waals surface area contributed by atoms with E-state index in [-0.39, 0.29) is 18.1 Å². The van der Waals surface area contributed by atoms with Crippen LogP contribution in [0.3, 0.4) is 0 Å². The molecule has 3 rings (SSSR count). The van der Waals surface area contributed by atoms with Gasteiger partial charge in [0.05, 0.1) is 29.4 Å². The van der Waals surface area contributed by atoms with Crippen molar-refractivity contribution in [1.82, 2.24) is 4.98 Å². The number of nitrogens with one attached hydrogen (secondary N) is 1. The van der Waals surface area contributed by atoms with Gasteiger partial charge in [-0.1, -0.05) is 17.8 Å². The number of ketones is 1. The molecule has 27 heavy (non-hydrogen) atoms. The molecule has 0 radical (unpaired) electrons. The number of anilines is 1. The molecule has 8 heteroatoms. The van der Waals surface area contributed by atoms with Gasteiger partial charge in [-0.05, 0) is 42.6 Å². The molecule has 0 fully saturated rings. The quantitative estimate of drug-likeness (QED) is 0.401. The van der Waals surface area contributed by atoms with Crippen LogP contribution in [-0.2, 0) is 11.2 Å². The van der Waals surface area contributed by atoms with Crippen molar-refractivity contribution in [2.24, 2.45) is 0 Å². The highest BCUT2D eigenvalue weighted by atomic mass is 32.2. The van der Waals surface area contributed by atoms with Gasteiger partial charge in [-0.3, -0.25) is 9.59 Å². The topological polar surface area (TPSA) is 68.3 Å². The fourth-order valence-corrected chi connectivity index (χ4v) is 4.73. The number of Topliss-reactive ketones (excluding diaryl/α,β-unsaturated/α-hetero) is 1. The van der Waals surface area contributed by atoms with E-state index in [0.717, 1.165) is 20.7 Å². The van der Waals surface area contributed by atoms with Gasteiger partial charge >= 0.3 is 0 Å². The van der Waals surface area contributed by atoms with Gasteiger partial charge in [0.1, 0.15) is 5.75 Å².